The average molecular weight is 666 g/mol. The van der Waals surface area contributed by atoms with Crippen LogP contribution in [0.3, 0.4) is 0 Å². The van der Waals surface area contributed by atoms with Crippen LogP contribution in [0.2, 0.25) is 0 Å². The molecular weight excluding hydrogens is 618 g/mol. The lowest BCUT2D eigenvalue weighted by molar-refractivity contribution is 0.0108. The quantitative estimate of drug-likeness (QED) is 0.0584. The first-order valence-corrected chi connectivity index (χ1v) is 17.3. The lowest BCUT2D eigenvalue weighted by Crippen LogP contribution is -2.34. The van der Waals surface area contributed by atoms with Crippen molar-refractivity contribution in [3.8, 4) is 0 Å². The summed E-state index contributed by atoms with van der Waals surface area (Å²) in [7, 11) is -2.46. The number of fused-ring (bicyclic) bond motifs is 1. The van der Waals surface area contributed by atoms with E-state index in [1.807, 2.05) is 19.1 Å². The molecule has 4 rings (SSSR count). The molecule has 0 N–H and O–H groups in total. The molecule has 0 atom stereocenters. The molecule has 0 saturated carbocycles. The van der Waals surface area contributed by atoms with E-state index in [2.05, 4.69) is 51.9 Å². The maximum atomic E-state index is 12.3. The van der Waals surface area contributed by atoms with Crippen LogP contribution >= 0.6 is 0 Å². The lowest BCUT2D eigenvalue weighted by atomic mass is 9.62. The Kier molecular flexibility index (Phi) is 12.0. The molecule has 10 heteroatoms. The summed E-state index contributed by atoms with van der Waals surface area (Å²) in [5, 5.41) is 4.58. The van der Waals surface area contributed by atoms with E-state index < -0.39 is 16.1 Å². The molecule has 0 fully saturated rings. The number of carbonyl (C=O) groups excluding carboxylic acids is 1. The lowest BCUT2D eigenvalue weighted by Gasteiger charge is -2.42. The van der Waals surface area contributed by atoms with Crippen LogP contribution in [0.4, 0.5) is 0 Å². The number of nitrogens with zero attached hydrogens (tertiary/aromatic N) is 1. The predicted octanol–water partition coefficient (Wildman–Crippen LogP) is 6.65. The van der Waals surface area contributed by atoms with Crippen LogP contribution < -0.4 is 0 Å². The van der Waals surface area contributed by atoms with Crippen LogP contribution in [-0.4, -0.2) is 66.8 Å². The molecule has 0 aromatic heterocycles. The van der Waals surface area contributed by atoms with Gasteiger partial charge in [0, 0.05) is 11.1 Å². The van der Waals surface area contributed by atoms with Crippen molar-refractivity contribution in [2.24, 2.45) is 5.16 Å². The number of rotatable bonds is 15. The molecule has 0 saturated heterocycles. The number of oxime groups is 1. The zero-order chi connectivity index (χ0) is 34.2. The number of methoxy groups -OCH3 is 1. The molecule has 254 valence electrons. The van der Waals surface area contributed by atoms with E-state index in [-0.39, 0.29) is 48.8 Å². The number of esters is 1. The van der Waals surface area contributed by atoms with Gasteiger partial charge in [-0.2, -0.15) is 8.42 Å². The Balaban J connectivity index is 1.35. The molecule has 0 amide bonds. The van der Waals surface area contributed by atoms with E-state index in [0.717, 1.165) is 35.1 Å². The van der Waals surface area contributed by atoms with Crippen molar-refractivity contribution in [3.05, 3.63) is 99.6 Å². The van der Waals surface area contributed by atoms with Crippen LogP contribution in [0.15, 0.2) is 70.7 Å². The minimum atomic E-state index is -3.82. The molecule has 0 radical (unpaired) electrons. The minimum absolute atomic E-state index is 0.0192. The second-order valence-electron chi connectivity index (χ2n) is 13.1. The Morgan fingerprint density at radius 2 is 1.28 bits per heavy atom. The molecule has 0 aliphatic heterocycles. The SMILES string of the molecule is COC(=O)c1ccc(/C(=N/OCCOCCOCCOS(=O)(=O)c2ccc(C)cc2)c2cc3c(cc2C)C(C)(C)CCC3(C)C)cc1. The fourth-order valence-electron chi connectivity index (χ4n) is 5.62. The molecule has 3 aromatic carbocycles. The third-order valence-electron chi connectivity index (χ3n) is 8.65. The average Bonchev–Trinajstić information content (AvgIpc) is 3.04. The molecule has 0 unspecified atom stereocenters. The summed E-state index contributed by atoms with van der Waals surface area (Å²) in [4.78, 5) is 17.9. The summed E-state index contributed by atoms with van der Waals surface area (Å²) in [5.41, 5.74) is 7.76. The number of ether oxygens (including phenoxy) is 3. The number of hydrogen-bond acceptors (Lipinski definition) is 9. The zero-order valence-corrected chi connectivity index (χ0v) is 29.4. The molecule has 3 aromatic rings. The van der Waals surface area contributed by atoms with E-state index >= 15 is 0 Å². The van der Waals surface area contributed by atoms with Crippen LogP contribution in [-0.2, 0) is 44.2 Å². The van der Waals surface area contributed by atoms with Gasteiger partial charge in [-0.15, -0.1) is 0 Å². The predicted molar refractivity (Wildman–Crippen MR) is 182 cm³/mol. The maximum absolute atomic E-state index is 12.3. The largest absolute Gasteiger partial charge is 0.465 e. The van der Waals surface area contributed by atoms with Gasteiger partial charge < -0.3 is 19.0 Å². The Hall–Kier alpha value is -3.57. The standard InChI is InChI=1S/C37H47NO8S/c1-26-8-14-30(15-9-26)47(40,41)46-23-21-44-19-18-43-20-22-45-38-34(28-10-12-29(13-11-28)35(39)42-7)31-25-33-32(24-27(31)2)36(3,4)16-17-37(33,5)6/h8-15,24-25H,16-23H2,1-7H3/b38-34-. The molecule has 0 bridgehead atoms. The van der Waals surface area contributed by atoms with E-state index in [1.54, 1.807) is 24.3 Å². The van der Waals surface area contributed by atoms with Gasteiger partial charge in [0.25, 0.3) is 10.1 Å². The summed E-state index contributed by atoms with van der Waals surface area (Å²) < 4.78 is 45.5. The maximum Gasteiger partial charge on any atom is 0.337 e. The van der Waals surface area contributed by atoms with E-state index in [1.165, 1.54) is 30.4 Å². The smallest absolute Gasteiger partial charge is 0.337 e. The highest BCUT2D eigenvalue weighted by atomic mass is 32.2. The van der Waals surface area contributed by atoms with Crippen LogP contribution in [0.5, 0.6) is 0 Å². The van der Waals surface area contributed by atoms with Gasteiger partial charge in [0.05, 0.1) is 50.6 Å². The Morgan fingerprint density at radius 1 is 0.745 bits per heavy atom. The van der Waals surface area contributed by atoms with Crippen molar-refractivity contribution in [3.63, 3.8) is 0 Å². The fraction of sp³-hybridized carbons (Fsp3) is 0.459. The first-order valence-electron chi connectivity index (χ1n) is 15.9. The summed E-state index contributed by atoms with van der Waals surface area (Å²) in [6.07, 6.45) is 2.21. The molecule has 0 spiro atoms. The van der Waals surface area contributed by atoms with Crippen LogP contribution in [0.25, 0.3) is 0 Å². The third-order valence-corrected chi connectivity index (χ3v) is 9.98. The Morgan fingerprint density at radius 3 is 1.87 bits per heavy atom. The second-order valence-corrected chi connectivity index (χ2v) is 14.8. The van der Waals surface area contributed by atoms with Gasteiger partial charge in [-0.1, -0.05) is 68.7 Å². The van der Waals surface area contributed by atoms with Crippen molar-refractivity contribution in [1.29, 1.82) is 0 Å². The highest BCUT2D eigenvalue weighted by Crippen LogP contribution is 2.46. The molecule has 47 heavy (non-hydrogen) atoms. The second kappa shape index (κ2) is 15.6. The molecule has 0 heterocycles. The van der Waals surface area contributed by atoms with Crippen molar-refractivity contribution in [1.82, 2.24) is 0 Å². The molecule has 1 aliphatic carbocycles. The zero-order valence-electron chi connectivity index (χ0n) is 28.6. The molecule has 1 aliphatic rings. The molecule has 9 nitrogen and oxygen atoms in total. The van der Waals surface area contributed by atoms with Gasteiger partial charge in [-0.25, -0.2) is 4.79 Å². The number of hydrogen-bond donors (Lipinski definition) is 0. The topological polar surface area (TPSA) is 110 Å². The highest BCUT2D eigenvalue weighted by molar-refractivity contribution is 7.86. The van der Waals surface area contributed by atoms with E-state index in [4.69, 9.17) is 23.2 Å². The monoisotopic (exact) mass is 665 g/mol. The van der Waals surface area contributed by atoms with Gasteiger partial charge >= 0.3 is 5.97 Å². The van der Waals surface area contributed by atoms with Crippen molar-refractivity contribution < 1.29 is 36.4 Å². The first kappa shape index (κ1) is 36.3. The Labute approximate surface area is 279 Å². The first-order chi connectivity index (χ1) is 22.2. The van der Waals surface area contributed by atoms with Gasteiger partial charge in [-0.3, -0.25) is 4.18 Å². The summed E-state index contributed by atoms with van der Waals surface area (Å²) >= 11 is 0. The minimum Gasteiger partial charge on any atom is -0.465 e. The van der Waals surface area contributed by atoms with Gasteiger partial charge in [-0.05, 0) is 84.5 Å². The number of carbonyl (C=O) groups is 1. The van der Waals surface area contributed by atoms with Gasteiger partial charge in [0.1, 0.15) is 12.3 Å². The van der Waals surface area contributed by atoms with Gasteiger partial charge in [0.2, 0.25) is 0 Å². The van der Waals surface area contributed by atoms with Gasteiger partial charge in [0.15, 0.2) is 0 Å². The highest BCUT2D eigenvalue weighted by Gasteiger charge is 2.37. The van der Waals surface area contributed by atoms with Crippen molar-refractivity contribution in [2.75, 3.05) is 46.8 Å². The summed E-state index contributed by atoms with van der Waals surface area (Å²) in [6, 6.07) is 18.2. The fourth-order valence-corrected chi connectivity index (χ4v) is 6.51. The molecular formula is C37H47NO8S. The third kappa shape index (κ3) is 9.28. The van der Waals surface area contributed by atoms with E-state index in [9.17, 15) is 13.2 Å². The van der Waals surface area contributed by atoms with Crippen molar-refractivity contribution >= 4 is 21.8 Å². The summed E-state index contributed by atoms with van der Waals surface area (Å²) in [5.74, 6) is -0.402. The van der Waals surface area contributed by atoms with E-state index in [0.29, 0.717) is 17.9 Å². The number of aryl methyl sites for hydroxylation is 2. The number of benzene rings is 3. The van der Waals surface area contributed by atoms with Crippen LogP contribution in [0.1, 0.15) is 84.3 Å². The normalized spacial score (nSPS) is 15.6. The Bertz CT molecular complexity index is 1660. The van der Waals surface area contributed by atoms with Crippen molar-refractivity contribution in [2.45, 2.75) is 70.1 Å². The van der Waals surface area contributed by atoms with Crippen LogP contribution in [0, 0.1) is 13.8 Å². The summed E-state index contributed by atoms with van der Waals surface area (Å²) in [6.45, 7) is 14.3.